The topological polar surface area (TPSA) is 58.2 Å². The molecule has 1 aromatic carbocycles. The summed E-state index contributed by atoms with van der Waals surface area (Å²) >= 11 is 3.28. The number of sulfonamides is 1. The summed E-state index contributed by atoms with van der Waals surface area (Å²) in [6.45, 7) is 3.30. The summed E-state index contributed by atoms with van der Waals surface area (Å²) in [4.78, 5) is 0.306. The predicted molar refractivity (Wildman–Crippen MR) is 82.3 cm³/mol. The van der Waals surface area contributed by atoms with E-state index in [0.29, 0.717) is 15.9 Å². The van der Waals surface area contributed by atoms with Gasteiger partial charge in [-0.3, -0.25) is 0 Å². The lowest BCUT2D eigenvalue weighted by atomic mass is 10.2. The summed E-state index contributed by atoms with van der Waals surface area (Å²) in [5, 5.41) is 3.27. The van der Waals surface area contributed by atoms with E-state index in [0.717, 1.165) is 24.9 Å². The summed E-state index contributed by atoms with van der Waals surface area (Å²) in [6.07, 6.45) is 2.14. The van der Waals surface area contributed by atoms with E-state index in [2.05, 4.69) is 26.0 Å². The molecule has 0 saturated carbocycles. The molecule has 0 aromatic heterocycles. The molecule has 7 heteroatoms. The zero-order valence-corrected chi connectivity index (χ0v) is 13.9. The Balaban J connectivity index is 0.00000180. The third-order valence-electron chi connectivity index (χ3n) is 3.06. The molecule has 1 unspecified atom stereocenters. The first kappa shape index (κ1) is 16.9. The third kappa shape index (κ3) is 4.43. The van der Waals surface area contributed by atoms with Crippen molar-refractivity contribution in [3.8, 4) is 0 Å². The first-order valence-electron chi connectivity index (χ1n) is 5.98. The summed E-state index contributed by atoms with van der Waals surface area (Å²) in [5.41, 5.74) is 0.928. The number of benzene rings is 1. The van der Waals surface area contributed by atoms with E-state index in [-0.39, 0.29) is 18.4 Å². The number of aryl methyl sites for hydroxylation is 1. The molecule has 0 radical (unpaired) electrons. The van der Waals surface area contributed by atoms with E-state index in [9.17, 15) is 8.42 Å². The monoisotopic (exact) mass is 368 g/mol. The Morgan fingerprint density at radius 1 is 1.47 bits per heavy atom. The van der Waals surface area contributed by atoms with Gasteiger partial charge in [-0.25, -0.2) is 13.1 Å². The molecule has 1 saturated heterocycles. The molecule has 1 heterocycles. The van der Waals surface area contributed by atoms with Crippen molar-refractivity contribution in [3.05, 3.63) is 28.2 Å². The summed E-state index contributed by atoms with van der Waals surface area (Å²) in [5.74, 6) is 0. The van der Waals surface area contributed by atoms with Gasteiger partial charge in [0.25, 0.3) is 0 Å². The van der Waals surface area contributed by atoms with Crippen LogP contribution in [0, 0.1) is 6.92 Å². The standard InChI is InChI=1S/C12H17BrN2O2S.ClH/c1-9-4-5-11(13)12(7-9)18(16,17)15-8-10-3-2-6-14-10;/h4-5,7,10,14-15H,2-3,6,8H2,1H3;1H. The van der Waals surface area contributed by atoms with Crippen LogP contribution < -0.4 is 10.0 Å². The van der Waals surface area contributed by atoms with E-state index in [4.69, 9.17) is 0 Å². The van der Waals surface area contributed by atoms with Gasteiger partial charge in [-0.15, -0.1) is 12.4 Å². The van der Waals surface area contributed by atoms with Crippen LogP contribution in [0.25, 0.3) is 0 Å². The first-order chi connectivity index (χ1) is 8.49. The van der Waals surface area contributed by atoms with Crippen molar-refractivity contribution in [1.82, 2.24) is 10.0 Å². The number of rotatable bonds is 4. The molecule has 0 spiro atoms. The van der Waals surface area contributed by atoms with Crippen molar-refractivity contribution in [2.75, 3.05) is 13.1 Å². The number of hydrogen-bond acceptors (Lipinski definition) is 3. The average Bonchev–Trinajstić information content (AvgIpc) is 2.83. The second kappa shape index (κ2) is 7.04. The van der Waals surface area contributed by atoms with Crippen molar-refractivity contribution in [2.45, 2.75) is 30.7 Å². The van der Waals surface area contributed by atoms with E-state index < -0.39 is 10.0 Å². The maximum Gasteiger partial charge on any atom is 0.241 e. The van der Waals surface area contributed by atoms with E-state index >= 15 is 0 Å². The highest BCUT2D eigenvalue weighted by atomic mass is 79.9. The summed E-state index contributed by atoms with van der Waals surface area (Å²) in [7, 11) is -3.44. The van der Waals surface area contributed by atoms with Crippen LogP contribution in [0.2, 0.25) is 0 Å². The van der Waals surface area contributed by atoms with Crippen molar-refractivity contribution < 1.29 is 8.42 Å². The van der Waals surface area contributed by atoms with Crippen molar-refractivity contribution in [3.63, 3.8) is 0 Å². The lowest BCUT2D eigenvalue weighted by Crippen LogP contribution is -2.37. The Labute approximate surface area is 128 Å². The molecular formula is C12H18BrClN2O2S. The van der Waals surface area contributed by atoms with Crippen molar-refractivity contribution >= 4 is 38.4 Å². The van der Waals surface area contributed by atoms with E-state index in [1.54, 1.807) is 12.1 Å². The zero-order valence-electron chi connectivity index (χ0n) is 10.6. The molecule has 0 amide bonds. The maximum atomic E-state index is 12.2. The lowest BCUT2D eigenvalue weighted by molar-refractivity contribution is 0.551. The summed E-state index contributed by atoms with van der Waals surface area (Å²) in [6, 6.07) is 5.57. The molecule has 2 N–H and O–H groups in total. The van der Waals surface area contributed by atoms with Gasteiger partial charge in [0, 0.05) is 17.1 Å². The normalized spacial score (nSPS) is 19.2. The molecule has 108 valence electrons. The van der Waals surface area contributed by atoms with Gasteiger partial charge in [0.05, 0.1) is 4.90 Å². The zero-order chi connectivity index (χ0) is 13.2. The Bertz CT molecular complexity index is 531. The molecule has 1 aliphatic rings. The fraction of sp³-hybridized carbons (Fsp3) is 0.500. The van der Waals surface area contributed by atoms with Crippen LogP contribution in [0.3, 0.4) is 0 Å². The van der Waals surface area contributed by atoms with Crippen LogP contribution in [0.5, 0.6) is 0 Å². The van der Waals surface area contributed by atoms with Crippen molar-refractivity contribution in [1.29, 1.82) is 0 Å². The second-order valence-electron chi connectivity index (χ2n) is 4.58. The van der Waals surface area contributed by atoms with Gasteiger partial charge in [0.2, 0.25) is 10.0 Å². The fourth-order valence-electron chi connectivity index (χ4n) is 2.04. The molecule has 2 rings (SSSR count). The van der Waals surface area contributed by atoms with Crippen LogP contribution in [0.15, 0.2) is 27.6 Å². The third-order valence-corrected chi connectivity index (χ3v) is 5.48. The highest BCUT2D eigenvalue weighted by Crippen LogP contribution is 2.22. The largest absolute Gasteiger partial charge is 0.313 e. The first-order valence-corrected chi connectivity index (χ1v) is 8.26. The Morgan fingerprint density at radius 3 is 2.84 bits per heavy atom. The van der Waals surface area contributed by atoms with Gasteiger partial charge in [-0.05, 0) is 59.9 Å². The van der Waals surface area contributed by atoms with Gasteiger partial charge in [-0.2, -0.15) is 0 Å². The number of hydrogen-bond donors (Lipinski definition) is 2. The minimum absolute atomic E-state index is 0. The Hall–Kier alpha value is -0.140. The number of halogens is 2. The Morgan fingerprint density at radius 2 is 2.21 bits per heavy atom. The minimum atomic E-state index is -3.44. The quantitative estimate of drug-likeness (QED) is 0.855. The smallest absolute Gasteiger partial charge is 0.241 e. The van der Waals surface area contributed by atoms with Crippen LogP contribution in [0.4, 0.5) is 0 Å². The summed E-state index contributed by atoms with van der Waals surface area (Å²) < 4.78 is 27.6. The van der Waals surface area contributed by atoms with Gasteiger partial charge < -0.3 is 5.32 Å². The van der Waals surface area contributed by atoms with E-state index in [1.807, 2.05) is 13.0 Å². The molecule has 1 fully saturated rings. The second-order valence-corrected chi connectivity index (χ2v) is 7.17. The molecule has 1 aliphatic heterocycles. The lowest BCUT2D eigenvalue weighted by Gasteiger charge is -2.13. The Kier molecular flexibility index (Phi) is 6.26. The molecule has 4 nitrogen and oxygen atoms in total. The SMILES string of the molecule is Cc1ccc(Br)c(S(=O)(=O)NCC2CCCN2)c1.Cl. The van der Waals surface area contributed by atoms with Crippen LogP contribution in [-0.4, -0.2) is 27.5 Å². The molecule has 1 atom stereocenters. The fourth-order valence-corrected chi connectivity index (χ4v) is 4.16. The average molecular weight is 370 g/mol. The molecule has 0 aliphatic carbocycles. The minimum Gasteiger partial charge on any atom is -0.313 e. The van der Waals surface area contributed by atoms with Gasteiger partial charge in [-0.1, -0.05) is 6.07 Å². The highest BCUT2D eigenvalue weighted by molar-refractivity contribution is 9.10. The van der Waals surface area contributed by atoms with Gasteiger partial charge in [0.15, 0.2) is 0 Å². The van der Waals surface area contributed by atoms with Crippen LogP contribution >= 0.6 is 28.3 Å². The van der Waals surface area contributed by atoms with Crippen LogP contribution in [0.1, 0.15) is 18.4 Å². The number of nitrogens with one attached hydrogen (secondary N) is 2. The highest BCUT2D eigenvalue weighted by Gasteiger charge is 2.21. The molecule has 0 bridgehead atoms. The molecule has 19 heavy (non-hydrogen) atoms. The van der Waals surface area contributed by atoms with Gasteiger partial charge in [0.1, 0.15) is 0 Å². The molecule has 1 aromatic rings. The molecular weight excluding hydrogens is 352 g/mol. The predicted octanol–water partition coefficient (Wildman–Crippen LogP) is 2.21. The van der Waals surface area contributed by atoms with Crippen LogP contribution in [-0.2, 0) is 10.0 Å². The van der Waals surface area contributed by atoms with Crippen molar-refractivity contribution in [2.24, 2.45) is 0 Å². The maximum absolute atomic E-state index is 12.2. The van der Waals surface area contributed by atoms with E-state index in [1.165, 1.54) is 0 Å². The van der Waals surface area contributed by atoms with Gasteiger partial charge >= 0.3 is 0 Å².